The third-order valence-electron chi connectivity index (χ3n) is 5.08. The van der Waals surface area contributed by atoms with Gasteiger partial charge in [0.05, 0.1) is 0 Å². The van der Waals surface area contributed by atoms with Crippen LogP contribution in [0.3, 0.4) is 0 Å². The van der Waals surface area contributed by atoms with Crippen molar-refractivity contribution in [2.45, 2.75) is 18.9 Å². The Bertz CT molecular complexity index is 1200. The van der Waals surface area contributed by atoms with E-state index in [1.807, 2.05) is 84.9 Å². The summed E-state index contributed by atoms with van der Waals surface area (Å²) in [5.74, 6) is 2.80. The zero-order valence-corrected chi connectivity index (χ0v) is 17.4. The largest absolute Gasteiger partial charge is 0.457 e. The van der Waals surface area contributed by atoms with Crippen LogP contribution in [0.4, 0.5) is 11.5 Å². The van der Waals surface area contributed by atoms with Crippen molar-refractivity contribution in [1.29, 1.82) is 0 Å². The zero-order valence-electron chi connectivity index (χ0n) is 17.4. The lowest BCUT2D eigenvalue weighted by molar-refractivity contribution is 0.0951. The lowest BCUT2D eigenvalue weighted by Gasteiger charge is -2.09. The van der Waals surface area contributed by atoms with Crippen LogP contribution in [0.25, 0.3) is 11.4 Å². The van der Waals surface area contributed by atoms with Gasteiger partial charge in [0.15, 0.2) is 5.82 Å². The molecule has 0 atom stereocenters. The van der Waals surface area contributed by atoms with E-state index >= 15 is 0 Å². The number of aromatic nitrogens is 2. The number of nitrogens with zero attached hydrogens (tertiary/aromatic N) is 2. The van der Waals surface area contributed by atoms with E-state index in [0.717, 1.165) is 35.6 Å². The van der Waals surface area contributed by atoms with Crippen molar-refractivity contribution >= 4 is 17.4 Å². The quantitative estimate of drug-likeness (QED) is 0.407. The monoisotopic (exact) mass is 422 g/mol. The van der Waals surface area contributed by atoms with E-state index in [2.05, 4.69) is 20.6 Å². The summed E-state index contributed by atoms with van der Waals surface area (Å²) in [6.45, 7) is 0. The Hall–Kier alpha value is -4.19. The summed E-state index contributed by atoms with van der Waals surface area (Å²) in [6, 6.07) is 26.9. The van der Waals surface area contributed by atoms with E-state index < -0.39 is 0 Å². The predicted octanol–water partition coefficient (Wildman–Crippen LogP) is 5.57. The van der Waals surface area contributed by atoms with E-state index in [1.54, 1.807) is 6.20 Å². The molecule has 32 heavy (non-hydrogen) atoms. The van der Waals surface area contributed by atoms with Crippen molar-refractivity contribution in [3.05, 3.63) is 96.7 Å². The van der Waals surface area contributed by atoms with E-state index in [9.17, 15) is 4.79 Å². The number of para-hydroxylation sites is 1. The lowest BCUT2D eigenvalue weighted by Crippen LogP contribution is -2.25. The number of anilines is 2. The van der Waals surface area contributed by atoms with Gasteiger partial charge in [-0.2, -0.15) is 0 Å². The van der Waals surface area contributed by atoms with Crippen LogP contribution in [0.15, 0.2) is 91.1 Å². The summed E-state index contributed by atoms with van der Waals surface area (Å²) >= 11 is 0. The van der Waals surface area contributed by atoms with Crippen LogP contribution < -0.4 is 15.4 Å². The van der Waals surface area contributed by atoms with Crippen LogP contribution in [0.2, 0.25) is 0 Å². The molecule has 1 amide bonds. The van der Waals surface area contributed by atoms with Crippen molar-refractivity contribution in [1.82, 2.24) is 15.3 Å². The number of carbonyl (C=O) groups is 1. The Morgan fingerprint density at radius 1 is 0.844 bits per heavy atom. The molecule has 1 aliphatic carbocycles. The molecule has 0 saturated heterocycles. The predicted molar refractivity (Wildman–Crippen MR) is 124 cm³/mol. The van der Waals surface area contributed by atoms with Gasteiger partial charge in [-0.15, -0.1) is 0 Å². The maximum absolute atomic E-state index is 12.2. The zero-order chi connectivity index (χ0) is 21.8. The number of amides is 1. The van der Waals surface area contributed by atoms with Gasteiger partial charge in [-0.25, -0.2) is 9.97 Å². The minimum atomic E-state index is -0.0323. The standard InChI is InChI=1S/C26H22N4O2/c31-26(29-21-10-11-21)19-8-6-18(7-9-19)25-27-17-16-24(30-25)28-20-12-14-23(15-13-20)32-22-4-2-1-3-5-22/h1-9,12-17,21H,10-11H2,(H,29,31)(H,27,28,30). The van der Waals surface area contributed by atoms with Crippen LogP contribution in [0, 0.1) is 0 Å². The number of ether oxygens (including phenoxy) is 1. The molecule has 3 aromatic carbocycles. The van der Waals surface area contributed by atoms with Crippen molar-refractivity contribution in [2.75, 3.05) is 5.32 Å². The fraction of sp³-hybridized carbons (Fsp3) is 0.115. The molecule has 6 heteroatoms. The van der Waals surface area contributed by atoms with Gasteiger partial charge < -0.3 is 15.4 Å². The van der Waals surface area contributed by atoms with Crippen molar-refractivity contribution < 1.29 is 9.53 Å². The Balaban J connectivity index is 1.25. The number of rotatable bonds is 7. The van der Waals surface area contributed by atoms with Crippen LogP contribution >= 0.6 is 0 Å². The number of hydrogen-bond donors (Lipinski definition) is 2. The maximum atomic E-state index is 12.2. The van der Waals surface area contributed by atoms with Gasteiger partial charge in [0.2, 0.25) is 0 Å². The van der Waals surface area contributed by atoms with Crippen LogP contribution in [0.5, 0.6) is 11.5 Å². The summed E-state index contributed by atoms with van der Waals surface area (Å²) in [6.07, 6.45) is 3.85. The molecular weight excluding hydrogens is 400 g/mol. The Morgan fingerprint density at radius 3 is 2.28 bits per heavy atom. The first-order valence-corrected chi connectivity index (χ1v) is 10.6. The topological polar surface area (TPSA) is 76.1 Å². The van der Waals surface area contributed by atoms with Gasteiger partial charge in [0, 0.05) is 29.1 Å². The van der Waals surface area contributed by atoms with Crippen LogP contribution in [-0.4, -0.2) is 21.9 Å². The minimum absolute atomic E-state index is 0.0323. The van der Waals surface area contributed by atoms with Gasteiger partial charge in [-0.05, 0) is 67.4 Å². The third-order valence-corrected chi connectivity index (χ3v) is 5.08. The molecular formula is C26H22N4O2. The molecule has 1 aromatic heterocycles. The highest BCUT2D eigenvalue weighted by Gasteiger charge is 2.23. The van der Waals surface area contributed by atoms with Gasteiger partial charge in [-0.1, -0.05) is 30.3 Å². The van der Waals surface area contributed by atoms with Gasteiger partial charge in [-0.3, -0.25) is 4.79 Å². The van der Waals surface area contributed by atoms with Crippen LogP contribution in [0.1, 0.15) is 23.2 Å². The first-order valence-electron chi connectivity index (χ1n) is 10.6. The number of carbonyl (C=O) groups excluding carboxylic acids is 1. The molecule has 0 bridgehead atoms. The Kier molecular flexibility index (Phi) is 5.49. The summed E-state index contributed by atoms with van der Waals surface area (Å²) in [4.78, 5) is 21.1. The van der Waals surface area contributed by atoms with Crippen molar-refractivity contribution in [3.8, 4) is 22.9 Å². The van der Waals surface area contributed by atoms with Crippen LogP contribution in [-0.2, 0) is 0 Å². The Morgan fingerprint density at radius 2 is 1.56 bits per heavy atom. The van der Waals surface area contributed by atoms with E-state index in [4.69, 9.17) is 4.74 Å². The first kappa shape index (κ1) is 19.8. The lowest BCUT2D eigenvalue weighted by atomic mass is 10.1. The highest BCUT2D eigenvalue weighted by molar-refractivity contribution is 5.95. The molecule has 2 N–H and O–H groups in total. The highest BCUT2D eigenvalue weighted by atomic mass is 16.5. The molecule has 158 valence electrons. The van der Waals surface area contributed by atoms with Crippen molar-refractivity contribution in [2.24, 2.45) is 0 Å². The molecule has 1 fully saturated rings. The minimum Gasteiger partial charge on any atom is -0.457 e. The maximum Gasteiger partial charge on any atom is 0.251 e. The Labute approximate surface area is 186 Å². The molecule has 0 spiro atoms. The molecule has 1 saturated carbocycles. The van der Waals surface area contributed by atoms with E-state index in [-0.39, 0.29) is 5.91 Å². The molecule has 1 heterocycles. The van der Waals surface area contributed by atoms with E-state index in [1.165, 1.54) is 0 Å². The average Bonchev–Trinajstić information content (AvgIpc) is 3.65. The summed E-state index contributed by atoms with van der Waals surface area (Å²) < 4.78 is 5.83. The second kappa shape index (κ2) is 8.89. The molecule has 5 rings (SSSR count). The molecule has 6 nitrogen and oxygen atoms in total. The number of hydrogen-bond acceptors (Lipinski definition) is 5. The molecule has 4 aromatic rings. The smallest absolute Gasteiger partial charge is 0.251 e. The fourth-order valence-electron chi connectivity index (χ4n) is 3.21. The number of benzene rings is 3. The third kappa shape index (κ3) is 4.92. The molecule has 0 aliphatic heterocycles. The van der Waals surface area contributed by atoms with E-state index in [0.29, 0.717) is 23.2 Å². The molecule has 0 radical (unpaired) electrons. The average molecular weight is 422 g/mol. The summed E-state index contributed by atoms with van der Waals surface area (Å²) in [5.41, 5.74) is 2.39. The highest BCUT2D eigenvalue weighted by Crippen LogP contribution is 2.25. The summed E-state index contributed by atoms with van der Waals surface area (Å²) in [7, 11) is 0. The van der Waals surface area contributed by atoms with Gasteiger partial charge >= 0.3 is 0 Å². The second-order valence-electron chi connectivity index (χ2n) is 7.66. The molecule has 1 aliphatic rings. The second-order valence-corrected chi connectivity index (χ2v) is 7.66. The van der Waals surface area contributed by atoms with Gasteiger partial charge in [0.25, 0.3) is 5.91 Å². The fourth-order valence-corrected chi connectivity index (χ4v) is 3.21. The number of nitrogens with one attached hydrogen (secondary N) is 2. The molecule has 0 unspecified atom stereocenters. The SMILES string of the molecule is O=C(NC1CC1)c1ccc(-c2nccc(Nc3ccc(Oc4ccccc4)cc3)n2)cc1. The normalized spacial score (nSPS) is 12.8. The summed E-state index contributed by atoms with van der Waals surface area (Å²) in [5, 5.41) is 6.29. The first-order chi connectivity index (χ1) is 15.7. The van der Waals surface area contributed by atoms with Crippen molar-refractivity contribution in [3.63, 3.8) is 0 Å². The van der Waals surface area contributed by atoms with Gasteiger partial charge in [0.1, 0.15) is 17.3 Å².